The normalized spacial score (nSPS) is 16.8. The number of nitrogens with zero attached hydrogens (tertiary/aromatic N) is 3. The van der Waals surface area contributed by atoms with Crippen molar-refractivity contribution >= 4 is 11.7 Å². The van der Waals surface area contributed by atoms with Gasteiger partial charge >= 0.3 is 0 Å². The Morgan fingerprint density at radius 1 is 1.04 bits per heavy atom. The van der Waals surface area contributed by atoms with E-state index in [9.17, 15) is 4.79 Å². The fraction of sp³-hybridized carbons (Fsp3) is 0.200. The number of carbonyl (C=O) groups excluding carboxylic acids is 1. The molecule has 1 aromatic carbocycles. The summed E-state index contributed by atoms with van der Waals surface area (Å²) in [6.45, 7) is 1.71. The minimum atomic E-state index is -0.0214. The quantitative estimate of drug-likeness (QED) is 0.799. The Bertz CT molecular complexity index is 828. The van der Waals surface area contributed by atoms with E-state index in [4.69, 9.17) is 0 Å². The van der Waals surface area contributed by atoms with Crippen LogP contribution in [0.15, 0.2) is 73.2 Å². The van der Waals surface area contributed by atoms with E-state index >= 15 is 0 Å². The molecular formula is C20H20N4O. The molecule has 3 heterocycles. The van der Waals surface area contributed by atoms with Crippen LogP contribution in [-0.4, -0.2) is 34.6 Å². The summed E-state index contributed by atoms with van der Waals surface area (Å²) in [5.41, 5.74) is 1.73. The summed E-state index contributed by atoms with van der Waals surface area (Å²) in [6, 6.07) is 17.7. The van der Waals surface area contributed by atoms with E-state index in [1.807, 2.05) is 71.6 Å². The third kappa shape index (κ3) is 3.40. The van der Waals surface area contributed by atoms with Crippen molar-refractivity contribution in [3.8, 4) is 5.69 Å². The largest absolute Gasteiger partial charge is 0.354 e. The summed E-state index contributed by atoms with van der Waals surface area (Å²) < 4.78 is 2.02. The predicted molar refractivity (Wildman–Crippen MR) is 98.1 cm³/mol. The molecule has 1 atom stereocenters. The fourth-order valence-corrected chi connectivity index (χ4v) is 3.19. The lowest BCUT2D eigenvalue weighted by Gasteiger charge is -2.17. The first kappa shape index (κ1) is 15.4. The lowest BCUT2D eigenvalue weighted by atomic mass is 10.1. The highest BCUT2D eigenvalue weighted by Crippen LogP contribution is 2.18. The molecule has 0 unspecified atom stereocenters. The van der Waals surface area contributed by atoms with Gasteiger partial charge in [-0.05, 0) is 55.0 Å². The Balaban J connectivity index is 1.38. The first-order valence-electron chi connectivity index (χ1n) is 8.50. The zero-order chi connectivity index (χ0) is 17.1. The molecule has 0 aliphatic carbocycles. The monoisotopic (exact) mass is 332 g/mol. The SMILES string of the molecule is O=C(N[C@@H]1CCN(c2ccccn2)C1)c1ccc(-n2cccc2)cc1. The lowest BCUT2D eigenvalue weighted by Crippen LogP contribution is -2.37. The highest BCUT2D eigenvalue weighted by Gasteiger charge is 2.24. The third-order valence-electron chi connectivity index (χ3n) is 4.53. The summed E-state index contributed by atoms with van der Waals surface area (Å²) in [4.78, 5) is 19.1. The Morgan fingerprint density at radius 3 is 2.56 bits per heavy atom. The molecular weight excluding hydrogens is 312 g/mol. The highest BCUT2D eigenvalue weighted by atomic mass is 16.1. The number of anilines is 1. The van der Waals surface area contributed by atoms with Crippen LogP contribution in [0, 0.1) is 0 Å². The molecule has 126 valence electrons. The van der Waals surface area contributed by atoms with Crippen LogP contribution in [0.5, 0.6) is 0 Å². The van der Waals surface area contributed by atoms with E-state index < -0.39 is 0 Å². The molecule has 1 aliphatic rings. The van der Waals surface area contributed by atoms with Crippen molar-refractivity contribution in [2.75, 3.05) is 18.0 Å². The summed E-state index contributed by atoms with van der Waals surface area (Å²) in [7, 11) is 0. The van der Waals surface area contributed by atoms with Gasteiger partial charge in [0.15, 0.2) is 0 Å². The van der Waals surface area contributed by atoms with E-state index in [1.54, 1.807) is 6.20 Å². The molecule has 4 rings (SSSR count). The molecule has 1 amide bonds. The van der Waals surface area contributed by atoms with Crippen LogP contribution in [0.25, 0.3) is 5.69 Å². The fourth-order valence-electron chi connectivity index (χ4n) is 3.19. The topological polar surface area (TPSA) is 50.2 Å². The number of pyridine rings is 1. The van der Waals surface area contributed by atoms with Crippen LogP contribution in [0.2, 0.25) is 0 Å². The van der Waals surface area contributed by atoms with Gasteiger partial charge in [-0.25, -0.2) is 4.98 Å². The number of nitrogens with one attached hydrogen (secondary N) is 1. The van der Waals surface area contributed by atoms with Gasteiger partial charge in [-0.15, -0.1) is 0 Å². The molecule has 0 radical (unpaired) electrons. The number of benzene rings is 1. The van der Waals surface area contributed by atoms with Gasteiger partial charge in [0.25, 0.3) is 5.91 Å². The van der Waals surface area contributed by atoms with Gasteiger partial charge in [0.1, 0.15) is 5.82 Å². The molecule has 1 N–H and O–H groups in total. The summed E-state index contributed by atoms with van der Waals surface area (Å²) >= 11 is 0. The van der Waals surface area contributed by atoms with Gasteiger partial charge in [-0.2, -0.15) is 0 Å². The molecule has 2 aromatic heterocycles. The van der Waals surface area contributed by atoms with Crippen LogP contribution in [0.3, 0.4) is 0 Å². The van der Waals surface area contributed by atoms with Crippen molar-refractivity contribution < 1.29 is 4.79 Å². The van der Waals surface area contributed by atoms with Crippen LogP contribution in [-0.2, 0) is 0 Å². The molecule has 1 aliphatic heterocycles. The zero-order valence-electron chi connectivity index (χ0n) is 13.9. The van der Waals surface area contributed by atoms with E-state index in [0.717, 1.165) is 31.0 Å². The maximum Gasteiger partial charge on any atom is 0.251 e. The Kier molecular flexibility index (Phi) is 4.21. The Labute approximate surface area is 146 Å². The van der Waals surface area contributed by atoms with Gasteiger partial charge in [-0.3, -0.25) is 4.79 Å². The number of rotatable bonds is 4. The summed E-state index contributed by atoms with van der Waals surface area (Å²) in [5, 5.41) is 3.13. The van der Waals surface area contributed by atoms with Gasteiger partial charge < -0.3 is 14.8 Å². The number of aromatic nitrogens is 2. The van der Waals surface area contributed by atoms with Crippen molar-refractivity contribution in [1.29, 1.82) is 0 Å². The van der Waals surface area contributed by atoms with Crippen molar-refractivity contribution in [2.24, 2.45) is 0 Å². The second kappa shape index (κ2) is 6.81. The second-order valence-electron chi connectivity index (χ2n) is 6.23. The molecule has 5 nitrogen and oxygen atoms in total. The maximum absolute atomic E-state index is 12.5. The van der Waals surface area contributed by atoms with Crippen molar-refractivity contribution in [2.45, 2.75) is 12.5 Å². The van der Waals surface area contributed by atoms with Gasteiger partial charge in [0, 0.05) is 49.0 Å². The van der Waals surface area contributed by atoms with Crippen molar-refractivity contribution in [3.63, 3.8) is 0 Å². The van der Waals surface area contributed by atoms with Gasteiger partial charge in [-0.1, -0.05) is 6.07 Å². The first-order chi connectivity index (χ1) is 12.3. The molecule has 1 fully saturated rings. The highest BCUT2D eigenvalue weighted by molar-refractivity contribution is 5.94. The molecule has 5 heteroatoms. The number of amides is 1. The van der Waals surface area contributed by atoms with Crippen molar-refractivity contribution in [3.05, 3.63) is 78.8 Å². The van der Waals surface area contributed by atoms with E-state index in [-0.39, 0.29) is 11.9 Å². The molecule has 0 saturated carbocycles. The van der Waals surface area contributed by atoms with E-state index in [2.05, 4.69) is 15.2 Å². The van der Waals surface area contributed by atoms with Crippen LogP contribution < -0.4 is 10.2 Å². The van der Waals surface area contributed by atoms with Crippen molar-refractivity contribution in [1.82, 2.24) is 14.9 Å². The second-order valence-corrected chi connectivity index (χ2v) is 6.23. The number of hydrogen-bond acceptors (Lipinski definition) is 3. The maximum atomic E-state index is 12.5. The molecule has 0 spiro atoms. The van der Waals surface area contributed by atoms with E-state index in [1.165, 1.54) is 0 Å². The average Bonchev–Trinajstić information content (AvgIpc) is 3.35. The van der Waals surface area contributed by atoms with Gasteiger partial charge in [0.05, 0.1) is 0 Å². The molecule has 3 aromatic rings. The smallest absolute Gasteiger partial charge is 0.251 e. The zero-order valence-corrected chi connectivity index (χ0v) is 13.9. The van der Waals surface area contributed by atoms with E-state index in [0.29, 0.717) is 5.56 Å². The average molecular weight is 332 g/mol. The molecule has 1 saturated heterocycles. The lowest BCUT2D eigenvalue weighted by molar-refractivity contribution is 0.0940. The Hall–Kier alpha value is -3.08. The Morgan fingerprint density at radius 2 is 1.84 bits per heavy atom. The van der Waals surface area contributed by atoms with Crippen LogP contribution in [0.4, 0.5) is 5.82 Å². The van der Waals surface area contributed by atoms with Gasteiger partial charge in [0.2, 0.25) is 0 Å². The molecule has 25 heavy (non-hydrogen) atoms. The minimum Gasteiger partial charge on any atom is -0.354 e. The van der Waals surface area contributed by atoms with Crippen LogP contribution in [0.1, 0.15) is 16.8 Å². The third-order valence-corrected chi connectivity index (χ3v) is 4.53. The van der Waals surface area contributed by atoms with Crippen LogP contribution >= 0.6 is 0 Å². The summed E-state index contributed by atoms with van der Waals surface area (Å²) in [6.07, 6.45) is 6.71. The number of carbonyl (C=O) groups is 1. The standard InChI is InChI=1S/C20H20N4O/c25-20(16-6-8-18(9-7-16)23-12-3-4-13-23)22-17-10-14-24(15-17)19-5-1-2-11-21-19/h1-9,11-13,17H,10,14-15H2,(H,22,25)/t17-/m1/s1. The first-order valence-corrected chi connectivity index (χ1v) is 8.50. The summed E-state index contributed by atoms with van der Waals surface area (Å²) in [5.74, 6) is 0.947. The predicted octanol–water partition coefficient (Wildman–Crippen LogP) is 2.88. The minimum absolute atomic E-state index is 0.0214. The molecule has 0 bridgehead atoms. The number of hydrogen-bond donors (Lipinski definition) is 1.